The number of nitrogens with zero attached hydrogens (tertiary/aromatic N) is 2. The van der Waals surface area contributed by atoms with E-state index in [1.165, 1.54) is 0 Å². The van der Waals surface area contributed by atoms with Crippen LogP contribution in [-0.4, -0.2) is 62.5 Å². The van der Waals surface area contributed by atoms with Gasteiger partial charge in [-0.15, -0.1) is 16.9 Å². The maximum Gasteiger partial charge on any atom is 0.341 e. The third-order valence-electron chi connectivity index (χ3n) is 4.06. The first-order valence-corrected chi connectivity index (χ1v) is 8.51. The van der Waals surface area contributed by atoms with E-state index in [0.717, 1.165) is 25.0 Å². The van der Waals surface area contributed by atoms with E-state index < -0.39 is 5.69 Å². The number of aromatic nitrogens is 3. The molecule has 3 rings (SSSR count). The van der Waals surface area contributed by atoms with E-state index in [2.05, 4.69) is 20.5 Å². The predicted octanol–water partition coefficient (Wildman–Crippen LogP) is -0.428. The summed E-state index contributed by atoms with van der Waals surface area (Å²) in [7, 11) is 0. The summed E-state index contributed by atoms with van der Waals surface area (Å²) in [6.07, 6.45) is 2.91. The monoisotopic (exact) mass is 325 g/mol. The molecule has 1 unspecified atom stereocenters. The van der Waals surface area contributed by atoms with Crippen molar-refractivity contribution in [2.45, 2.75) is 24.5 Å². The molecule has 22 heavy (non-hydrogen) atoms. The highest BCUT2D eigenvalue weighted by molar-refractivity contribution is 8.00. The van der Waals surface area contributed by atoms with Crippen LogP contribution in [0, 0.1) is 5.92 Å². The standard InChI is InChI=1S/C13H19N5O3S/c19-11(9-2-1-5-22-9)14-6-8-3-4-18(7-8)12(20)10-15-13(21)17-16-10/h8-9H,1-7H2,(H,14,19)(H2,15,16,17,21)/t8-,9?/m1/s1. The fourth-order valence-corrected chi connectivity index (χ4v) is 4.03. The Kier molecular flexibility index (Phi) is 4.51. The highest BCUT2D eigenvalue weighted by atomic mass is 32.2. The molecule has 2 aliphatic heterocycles. The average molecular weight is 325 g/mol. The number of rotatable bonds is 4. The van der Waals surface area contributed by atoms with Gasteiger partial charge in [0.25, 0.3) is 5.91 Å². The minimum absolute atomic E-state index is 0.0389. The molecule has 9 heteroatoms. The number of aromatic amines is 2. The molecular formula is C13H19N5O3S. The lowest BCUT2D eigenvalue weighted by molar-refractivity contribution is -0.120. The molecule has 8 nitrogen and oxygen atoms in total. The first-order chi connectivity index (χ1) is 10.6. The first-order valence-electron chi connectivity index (χ1n) is 7.47. The molecule has 3 N–H and O–H groups in total. The zero-order valence-electron chi connectivity index (χ0n) is 12.1. The Morgan fingerprint density at radius 3 is 2.95 bits per heavy atom. The Labute approximate surface area is 131 Å². The van der Waals surface area contributed by atoms with Crippen LogP contribution in [0.4, 0.5) is 0 Å². The van der Waals surface area contributed by atoms with Crippen molar-refractivity contribution in [2.75, 3.05) is 25.4 Å². The molecule has 0 aromatic carbocycles. The Morgan fingerprint density at radius 2 is 2.27 bits per heavy atom. The number of nitrogens with one attached hydrogen (secondary N) is 3. The molecule has 2 aliphatic rings. The number of amides is 2. The summed E-state index contributed by atoms with van der Waals surface area (Å²) in [5, 5.41) is 8.93. The number of carbonyl (C=O) groups is 2. The van der Waals surface area contributed by atoms with Gasteiger partial charge in [-0.1, -0.05) is 0 Å². The van der Waals surface area contributed by atoms with Crippen molar-refractivity contribution >= 4 is 23.6 Å². The van der Waals surface area contributed by atoms with Crippen molar-refractivity contribution in [3.63, 3.8) is 0 Å². The first kappa shape index (κ1) is 15.1. The van der Waals surface area contributed by atoms with Gasteiger partial charge < -0.3 is 10.2 Å². The Hall–Kier alpha value is -1.77. The van der Waals surface area contributed by atoms with Crippen LogP contribution in [0.2, 0.25) is 0 Å². The van der Waals surface area contributed by atoms with Crippen LogP contribution in [-0.2, 0) is 4.79 Å². The van der Waals surface area contributed by atoms with E-state index in [0.29, 0.717) is 19.6 Å². The van der Waals surface area contributed by atoms with Crippen LogP contribution in [0.5, 0.6) is 0 Å². The van der Waals surface area contributed by atoms with Gasteiger partial charge in [0.15, 0.2) is 0 Å². The summed E-state index contributed by atoms with van der Waals surface area (Å²) in [5.74, 6) is 1.19. The second-order valence-electron chi connectivity index (χ2n) is 5.68. The van der Waals surface area contributed by atoms with Gasteiger partial charge in [-0.05, 0) is 30.9 Å². The molecule has 0 radical (unpaired) electrons. The number of hydrogen-bond donors (Lipinski definition) is 3. The molecule has 1 aromatic rings. The SMILES string of the molecule is O=C(NC[C@H]1CCN(C(=O)c2n[nH]c(=O)[nH]2)C1)C1CCCS1. The zero-order valence-corrected chi connectivity index (χ0v) is 12.9. The summed E-state index contributed by atoms with van der Waals surface area (Å²) < 4.78 is 0. The molecule has 2 atom stereocenters. The second kappa shape index (κ2) is 6.55. The lowest BCUT2D eigenvalue weighted by Crippen LogP contribution is -2.36. The normalized spacial score (nSPS) is 24.6. The number of H-pyrrole nitrogens is 2. The van der Waals surface area contributed by atoms with E-state index in [1.54, 1.807) is 16.7 Å². The Bertz CT molecular complexity index is 607. The van der Waals surface area contributed by atoms with E-state index in [-0.39, 0.29) is 28.8 Å². The zero-order chi connectivity index (χ0) is 15.5. The van der Waals surface area contributed by atoms with Crippen molar-refractivity contribution < 1.29 is 9.59 Å². The molecule has 2 amide bonds. The van der Waals surface area contributed by atoms with Gasteiger partial charge in [-0.3, -0.25) is 14.6 Å². The predicted molar refractivity (Wildman–Crippen MR) is 81.7 cm³/mol. The highest BCUT2D eigenvalue weighted by Gasteiger charge is 2.30. The number of likely N-dealkylation sites (tertiary alicyclic amines) is 1. The summed E-state index contributed by atoms with van der Waals surface area (Å²) in [6.45, 7) is 1.79. The smallest absolute Gasteiger partial charge is 0.341 e. The molecule has 1 aromatic heterocycles. The summed E-state index contributed by atoms with van der Waals surface area (Å²) in [6, 6.07) is 0. The topological polar surface area (TPSA) is 111 Å². The summed E-state index contributed by atoms with van der Waals surface area (Å²) >= 11 is 1.72. The van der Waals surface area contributed by atoms with Crippen molar-refractivity contribution in [1.29, 1.82) is 0 Å². The lowest BCUT2D eigenvalue weighted by atomic mass is 10.1. The Morgan fingerprint density at radius 1 is 1.41 bits per heavy atom. The maximum atomic E-state index is 12.1. The molecule has 3 heterocycles. The molecule has 0 bridgehead atoms. The van der Waals surface area contributed by atoms with Crippen LogP contribution in [0.15, 0.2) is 4.79 Å². The van der Waals surface area contributed by atoms with Crippen LogP contribution in [0.3, 0.4) is 0 Å². The third-order valence-corrected chi connectivity index (χ3v) is 5.44. The maximum absolute atomic E-state index is 12.1. The molecule has 0 saturated carbocycles. The fraction of sp³-hybridized carbons (Fsp3) is 0.692. The number of hydrogen-bond acceptors (Lipinski definition) is 5. The van der Waals surface area contributed by atoms with Crippen LogP contribution >= 0.6 is 11.8 Å². The van der Waals surface area contributed by atoms with Crippen LogP contribution in [0.25, 0.3) is 0 Å². The molecule has 0 aliphatic carbocycles. The second-order valence-corrected chi connectivity index (χ2v) is 6.99. The minimum Gasteiger partial charge on any atom is -0.355 e. The molecule has 0 spiro atoms. The lowest BCUT2D eigenvalue weighted by Gasteiger charge is -2.16. The quantitative estimate of drug-likeness (QED) is 0.696. The van der Waals surface area contributed by atoms with Crippen LogP contribution in [0.1, 0.15) is 29.9 Å². The fourth-order valence-electron chi connectivity index (χ4n) is 2.85. The molecule has 2 saturated heterocycles. The van der Waals surface area contributed by atoms with Gasteiger partial charge in [0.05, 0.1) is 5.25 Å². The number of carbonyl (C=O) groups excluding carboxylic acids is 2. The molecular weight excluding hydrogens is 306 g/mol. The van der Waals surface area contributed by atoms with Crippen molar-refractivity contribution in [3.8, 4) is 0 Å². The number of thioether (sulfide) groups is 1. The van der Waals surface area contributed by atoms with Gasteiger partial charge >= 0.3 is 5.69 Å². The highest BCUT2D eigenvalue weighted by Crippen LogP contribution is 2.26. The van der Waals surface area contributed by atoms with E-state index in [4.69, 9.17) is 0 Å². The van der Waals surface area contributed by atoms with Gasteiger partial charge in [0.1, 0.15) is 0 Å². The van der Waals surface area contributed by atoms with Gasteiger partial charge in [-0.2, -0.15) is 0 Å². The van der Waals surface area contributed by atoms with Crippen molar-refractivity contribution in [1.82, 2.24) is 25.4 Å². The van der Waals surface area contributed by atoms with E-state index in [9.17, 15) is 14.4 Å². The molecule has 120 valence electrons. The van der Waals surface area contributed by atoms with Crippen molar-refractivity contribution in [2.24, 2.45) is 5.92 Å². The van der Waals surface area contributed by atoms with E-state index in [1.807, 2.05) is 0 Å². The van der Waals surface area contributed by atoms with Crippen molar-refractivity contribution in [3.05, 3.63) is 16.3 Å². The molecule has 2 fully saturated rings. The van der Waals surface area contributed by atoms with Gasteiger partial charge in [-0.25, -0.2) is 9.89 Å². The van der Waals surface area contributed by atoms with Gasteiger partial charge in [0, 0.05) is 19.6 Å². The third kappa shape index (κ3) is 3.34. The minimum atomic E-state index is -0.486. The Balaban J connectivity index is 1.46. The average Bonchev–Trinajstić information content (AvgIpc) is 3.25. The van der Waals surface area contributed by atoms with Gasteiger partial charge in [0.2, 0.25) is 11.7 Å². The summed E-state index contributed by atoms with van der Waals surface area (Å²) in [5.41, 5.74) is -0.486. The van der Waals surface area contributed by atoms with Crippen LogP contribution < -0.4 is 11.0 Å². The summed E-state index contributed by atoms with van der Waals surface area (Å²) in [4.78, 5) is 39.1. The van der Waals surface area contributed by atoms with E-state index >= 15 is 0 Å². The largest absolute Gasteiger partial charge is 0.355 e.